The van der Waals surface area contributed by atoms with Gasteiger partial charge in [0.2, 0.25) is 0 Å². The van der Waals surface area contributed by atoms with E-state index in [0.717, 1.165) is 0 Å². The Labute approximate surface area is 104 Å². The Morgan fingerprint density at radius 3 is 1.94 bits per heavy atom. The van der Waals surface area contributed by atoms with Gasteiger partial charge in [-0.25, -0.2) is 0 Å². The molecule has 0 amide bonds. The average Bonchev–Trinajstić information content (AvgIpc) is 2.29. The van der Waals surface area contributed by atoms with Crippen molar-refractivity contribution in [1.82, 2.24) is 0 Å². The monoisotopic (exact) mass is 222 g/mol. The Balaban J connectivity index is 2.34. The summed E-state index contributed by atoms with van der Waals surface area (Å²) in [6.45, 7) is 6.49. The van der Waals surface area contributed by atoms with Crippen LogP contribution in [0.1, 0.15) is 27.8 Å². The Morgan fingerprint density at radius 1 is 0.765 bits per heavy atom. The molecule has 2 aromatic carbocycles. The standard InChI is InChI=1S/C17H18/c1-13-11-14(2)17(15(3)12-13)10-9-16-7-5-4-6-8-16/h4-12H,1-3H3/b10-9+. The predicted octanol–water partition coefficient (Wildman–Crippen LogP) is 4.78. The topological polar surface area (TPSA) is 0 Å². The first kappa shape index (κ1) is 11.7. The summed E-state index contributed by atoms with van der Waals surface area (Å²) in [5, 5.41) is 0. The molecule has 0 atom stereocenters. The predicted molar refractivity (Wildman–Crippen MR) is 76.0 cm³/mol. The van der Waals surface area contributed by atoms with Crippen LogP contribution in [0.3, 0.4) is 0 Å². The van der Waals surface area contributed by atoms with Gasteiger partial charge in [0.15, 0.2) is 0 Å². The van der Waals surface area contributed by atoms with Gasteiger partial charge in [0.1, 0.15) is 0 Å². The van der Waals surface area contributed by atoms with Crippen LogP contribution in [0.2, 0.25) is 0 Å². The number of benzene rings is 2. The van der Waals surface area contributed by atoms with Crippen LogP contribution in [0.5, 0.6) is 0 Å². The molecule has 2 aromatic rings. The third-order valence-electron chi connectivity index (χ3n) is 2.98. The Kier molecular flexibility index (Phi) is 3.43. The maximum absolute atomic E-state index is 2.23. The summed E-state index contributed by atoms with van der Waals surface area (Å²) >= 11 is 0. The lowest BCUT2D eigenvalue weighted by Crippen LogP contribution is -1.88. The van der Waals surface area contributed by atoms with Gasteiger partial charge in [-0.15, -0.1) is 0 Å². The van der Waals surface area contributed by atoms with Crippen molar-refractivity contribution >= 4 is 12.2 Å². The Bertz CT molecular complexity index is 510. The summed E-state index contributed by atoms with van der Waals surface area (Å²) in [5.41, 5.74) is 6.59. The van der Waals surface area contributed by atoms with E-state index in [2.05, 4.69) is 69.3 Å². The van der Waals surface area contributed by atoms with Gasteiger partial charge in [-0.3, -0.25) is 0 Å². The Hall–Kier alpha value is -1.82. The molecule has 0 heterocycles. The highest BCUT2D eigenvalue weighted by atomic mass is 14.0. The van der Waals surface area contributed by atoms with Crippen molar-refractivity contribution < 1.29 is 0 Å². The van der Waals surface area contributed by atoms with E-state index in [-0.39, 0.29) is 0 Å². The molecule has 86 valence electrons. The van der Waals surface area contributed by atoms with Crippen LogP contribution >= 0.6 is 0 Å². The van der Waals surface area contributed by atoms with Crippen LogP contribution in [0, 0.1) is 20.8 Å². The molecule has 0 saturated carbocycles. The van der Waals surface area contributed by atoms with Crippen molar-refractivity contribution in [2.24, 2.45) is 0 Å². The summed E-state index contributed by atoms with van der Waals surface area (Å²) in [5.74, 6) is 0. The highest BCUT2D eigenvalue weighted by Crippen LogP contribution is 2.19. The molecule has 2 rings (SSSR count). The second-order valence-corrected chi connectivity index (χ2v) is 4.56. The number of aryl methyl sites for hydroxylation is 3. The molecule has 0 saturated heterocycles. The molecule has 17 heavy (non-hydrogen) atoms. The van der Waals surface area contributed by atoms with Gasteiger partial charge in [0, 0.05) is 0 Å². The van der Waals surface area contributed by atoms with Crippen LogP contribution in [0.4, 0.5) is 0 Å². The first-order valence-corrected chi connectivity index (χ1v) is 5.98. The van der Waals surface area contributed by atoms with Crippen molar-refractivity contribution in [3.8, 4) is 0 Å². The third-order valence-corrected chi connectivity index (χ3v) is 2.98. The first-order chi connectivity index (χ1) is 8.16. The van der Waals surface area contributed by atoms with E-state index in [1.807, 2.05) is 6.07 Å². The zero-order valence-corrected chi connectivity index (χ0v) is 10.7. The van der Waals surface area contributed by atoms with E-state index in [4.69, 9.17) is 0 Å². The molecule has 0 N–H and O–H groups in total. The fraction of sp³-hybridized carbons (Fsp3) is 0.176. The molecule has 0 spiro atoms. The zero-order valence-electron chi connectivity index (χ0n) is 10.7. The van der Waals surface area contributed by atoms with Gasteiger partial charge in [-0.1, -0.05) is 60.2 Å². The minimum absolute atomic E-state index is 1.24. The Morgan fingerprint density at radius 2 is 1.35 bits per heavy atom. The summed E-state index contributed by atoms with van der Waals surface area (Å²) in [7, 11) is 0. The number of hydrogen-bond acceptors (Lipinski definition) is 0. The van der Waals surface area contributed by atoms with Crippen LogP contribution < -0.4 is 0 Å². The lowest BCUT2D eigenvalue weighted by atomic mass is 9.99. The van der Waals surface area contributed by atoms with Crippen LogP contribution in [-0.2, 0) is 0 Å². The fourth-order valence-electron chi connectivity index (χ4n) is 2.20. The fourth-order valence-corrected chi connectivity index (χ4v) is 2.20. The van der Waals surface area contributed by atoms with E-state index in [1.165, 1.54) is 27.8 Å². The second kappa shape index (κ2) is 5.01. The van der Waals surface area contributed by atoms with Crippen molar-refractivity contribution in [1.29, 1.82) is 0 Å². The van der Waals surface area contributed by atoms with Crippen molar-refractivity contribution in [2.75, 3.05) is 0 Å². The van der Waals surface area contributed by atoms with E-state index in [1.54, 1.807) is 0 Å². The molecule has 0 unspecified atom stereocenters. The van der Waals surface area contributed by atoms with Crippen LogP contribution in [-0.4, -0.2) is 0 Å². The lowest BCUT2D eigenvalue weighted by Gasteiger charge is -2.07. The van der Waals surface area contributed by atoms with Crippen molar-refractivity contribution in [2.45, 2.75) is 20.8 Å². The largest absolute Gasteiger partial charge is 0.0622 e. The third kappa shape index (κ3) is 2.85. The highest BCUT2D eigenvalue weighted by Gasteiger charge is 1.99. The van der Waals surface area contributed by atoms with Gasteiger partial charge < -0.3 is 0 Å². The lowest BCUT2D eigenvalue weighted by molar-refractivity contribution is 1.30. The summed E-state index contributed by atoms with van der Waals surface area (Å²) in [6.07, 6.45) is 4.38. The second-order valence-electron chi connectivity index (χ2n) is 4.56. The van der Waals surface area contributed by atoms with Crippen molar-refractivity contribution in [3.05, 3.63) is 70.3 Å². The molecular weight excluding hydrogens is 204 g/mol. The van der Waals surface area contributed by atoms with Gasteiger partial charge >= 0.3 is 0 Å². The summed E-state index contributed by atoms with van der Waals surface area (Å²) in [6, 6.07) is 14.9. The maximum atomic E-state index is 2.23. The number of hydrogen-bond donors (Lipinski definition) is 0. The van der Waals surface area contributed by atoms with Crippen LogP contribution in [0.25, 0.3) is 12.2 Å². The summed E-state index contributed by atoms with van der Waals surface area (Å²) < 4.78 is 0. The molecule has 0 aliphatic heterocycles. The zero-order chi connectivity index (χ0) is 12.3. The van der Waals surface area contributed by atoms with E-state index in [0.29, 0.717) is 0 Å². The van der Waals surface area contributed by atoms with Gasteiger partial charge in [-0.05, 0) is 43.0 Å². The molecule has 0 fully saturated rings. The molecular formula is C17H18. The SMILES string of the molecule is Cc1cc(C)c(/C=C/c2ccccc2)c(C)c1. The van der Waals surface area contributed by atoms with Crippen molar-refractivity contribution in [3.63, 3.8) is 0 Å². The molecule has 0 nitrogen and oxygen atoms in total. The van der Waals surface area contributed by atoms with Gasteiger partial charge in [0.25, 0.3) is 0 Å². The maximum Gasteiger partial charge on any atom is -0.0198 e. The minimum Gasteiger partial charge on any atom is -0.0622 e. The van der Waals surface area contributed by atoms with Gasteiger partial charge in [-0.2, -0.15) is 0 Å². The summed E-state index contributed by atoms with van der Waals surface area (Å²) in [4.78, 5) is 0. The van der Waals surface area contributed by atoms with E-state index >= 15 is 0 Å². The van der Waals surface area contributed by atoms with Crippen LogP contribution in [0.15, 0.2) is 42.5 Å². The molecule has 0 aliphatic rings. The average molecular weight is 222 g/mol. The number of rotatable bonds is 2. The molecule has 0 heteroatoms. The molecule has 0 aliphatic carbocycles. The smallest absolute Gasteiger partial charge is 0.0198 e. The first-order valence-electron chi connectivity index (χ1n) is 5.98. The normalized spacial score (nSPS) is 11.0. The molecule has 0 bridgehead atoms. The molecule has 0 radical (unpaired) electrons. The molecule has 0 aromatic heterocycles. The highest BCUT2D eigenvalue weighted by molar-refractivity contribution is 5.72. The van der Waals surface area contributed by atoms with Gasteiger partial charge in [0.05, 0.1) is 0 Å². The van der Waals surface area contributed by atoms with E-state index in [9.17, 15) is 0 Å². The quantitative estimate of drug-likeness (QED) is 0.641. The minimum atomic E-state index is 1.24. The van der Waals surface area contributed by atoms with E-state index < -0.39 is 0 Å².